The van der Waals surface area contributed by atoms with E-state index in [4.69, 9.17) is 19.9 Å². The molecule has 0 bridgehead atoms. The molecule has 0 fully saturated rings. The molecular weight excluding hydrogens is 1650 g/mol. The van der Waals surface area contributed by atoms with Crippen LogP contribution in [0, 0.1) is 0 Å². The maximum Gasteiger partial charge on any atom is 0.160 e. The Morgan fingerprint density at radius 3 is 0.853 bits per heavy atom. The van der Waals surface area contributed by atoms with Crippen molar-refractivity contribution in [1.82, 2.24) is 48.2 Å². The third kappa shape index (κ3) is 14.8. The molecule has 26 rings (SSSR count). The minimum absolute atomic E-state index is 0.689. The lowest BCUT2D eigenvalue weighted by molar-refractivity contribution is 0.981. The first-order chi connectivity index (χ1) is 67.4. The number of aromatic nitrogens is 10. The fraction of sp³-hybridized carbons (Fsp3) is 0.0317. The van der Waals surface area contributed by atoms with Crippen molar-refractivity contribution in [3.63, 3.8) is 0 Å². The van der Waals surface area contributed by atoms with E-state index in [-0.39, 0.29) is 0 Å². The third-order valence-corrected chi connectivity index (χ3v) is 27.1. The zero-order valence-corrected chi connectivity index (χ0v) is 74.3. The van der Waals surface area contributed by atoms with E-state index < -0.39 is 0 Å². The molecule has 8 aromatic heterocycles. The van der Waals surface area contributed by atoms with Crippen LogP contribution in [-0.4, -0.2) is 48.2 Å². The fourth-order valence-electron chi connectivity index (χ4n) is 20.4. The molecule has 2 aliphatic rings. The topological polar surface area (TPSA) is 97.1 Å². The second-order valence-electron chi connectivity index (χ2n) is 35.1. The van der Waals surface area contributed by atoms with Gasteiger partial charge in [-0.25, -0.2) is 19.9 Å². The first-order valence-corrected chi connectivity index (χ1v) is 46.6. The molecule has 0 saturated carbocycles. The molecular formula is C126H86N10. The quantitative estimate of drug-likeness (QED) is 0.0956. The maximum atomic E-state index is 5.26. The van der Waals surface area contributed by atoms with Gasteiger partial charge in [0.05, 0.1) is 78.3 Å². The number of hydrogen-bond donors (Lipinski definition) is 0. The number of para-hydroxylation sites is 5. The molecule has 640 valence electrons. The van der Waals surface area contributed by atoms with Crippen LogP contribution in [0.2, 0.25) is 0 Å². The normalized spacial score (nSPS) is 12.8. The monoisotopic (exact) mass is 1740 g/mol. The lowest BCUT2D eigenvalue weighted by Gasteiger charge is -2.19. The van der Waals surface area contributed by atoms with Gasteiger partial charge in [-0.05, 0) is 227 Å². The van der Waals surface area contributed by atoms with E-state index in [1.165, 1.54) is 154 Å². The van der Waals surface area contributed by atoms with Crippen molar-refractivity contribution in [3.05, 3.63) is 485 Å². The van der Waals surface area contributed by atoms with Crippen molar-refractivity contribution in [2.24, 2.45) is 0 Å². The number of hydrogen-bond acceptors (Lipinski definition) is 6. The predicted molar refractivity (Wildman–Crippen MR) is 565 cm³/mol. The summed E-state index contributed by atoms with van der Waals surface area (Å²) >= 11 is 0. The molecule has 8 heterocycles. The van der Waals surface area contributed by atoms with Crippen LogP contribution in [-0.2, 0) is 0 Å². The number of fused-ring (bicyclic) bond motifs is 12. The van der Waals surface area contributed by atoms with Crippen LogP contribution in [0.4, 0.5) is 0 Å². The average molecular weight is 1740 g/mol. The molecule has 24 aromatic rings. The van der Waals surface area contributed by atoms with Crippen LogP contribution in [0.1, 0.15) is 37.1 Å². The van der Waals surface area contributed by atoms with Gasteiger partial charge < -0.3 is 18.3 Å². The van der Waals surface area contributed by atoms with Crippen LogP contribution in [0.25, 0.3) is 233 Å². The fourth-order valence-corrected chi connectivity index (χ4v) is 20.4. The van der Waals surface area contributed by atoms with Gasteiger partial charge in [0, 0.05) is 112 Å². The maximum absolute atomic E-state index is 5.26. The van der Waals surface area contributed by atoms with Crippen molar-refractivity contribution >= 4 is 110 Å². The van der Waals surface area contributed by atoms with Crippen molar-refractivity contribution in [1.29, 1.82) is 0 Å². The molecule has 0 atom stereocenters. The van der Waals surface area contributed by atoms with Gasteiger partial charge in [0.25, 0.3) is 0 Å². The highest BCUT2D eigenvalue weighted by molar-refractivity contribution is 6.16. The van der Waals surface area contributed by atoms with E-state index in [0.29, 0.717) is 5.82 Å². The van der Waals surface area contributed by atoms with Gasteiger partial charge in [-0.2, -0.15) is 0 Å². The highest BCUT2D eigenvalue weighted by atomic mass is 15.0. The van der Waals surface area contributed by atoms with Gasteiger partial charge in [0.1, 0.15) is 0 Å². The molecule has 2 aliphatic carbocycles. The van der Waals surface area contributed by atoms with Gasteiger partial charge in [-0.3, -0.25) is 9.97 Å². The van der Waals surface area contributed by atoms with Crippen LogP contribution >= 0.6 is 0 Å². The molecule has 0 spiro atoms. The largest absolute Gasteiger partial charge is 0.313 e. The standard InChI is InChI=1S/C64H44N4.C62H42N6/c1-4-15-43(16-5-1)44-27-29-45(30-28-44)49-21-14-22-53(39-49)68-61-26-13-11-24-55(61)57-41-51(34-38-63(57)68)50-33-37-62-56(40-50)54-23-10-12-25-60(54)67(62)52-35-31-47(32-36-52)59-42-58(46-17-6-2-7-18-46)65-64(66-59)48-19-8-3-9-20-48;1-2-12-48(13-3-1)67-58-18-6-4-14-50(58)52-38-46(30-34-60(52)67)47-31-35-61-53(39-47)51-15-5-7-19-59(51)68(61)49-32-28-44(29-33-49)57-40-56(43-22-20-41(21-23-43)54-16-8-10-36-63-54)65-62(66-57)45-26-24-42(25-27-45)55-17-9-11-37-64-55/h1-31,33-35,37-42H,32,36H2;1-28,30-32,34-40H,29,33H2. The Morgan fingerprint density at radius 1 is 0.162 bits per heavy atom. The molecule has 0 unspecified atom stereocenters. The number of pyridine rings is 2. The summed E-state index contributed by atoms with van der Waals surface area (Å²) in [5.41, 5.74) is 38.3. The van der Waals surface area contributed by atoms with E-state index in [9.17, 15) is 0 Å². The number of rotatable bonds is 16. The van der Waals surface area contributed by atoms with Crippen molar-refractivity contribution in [2.45, 2.75) is 25.7 Å². The van der Waals surface area contributed by atoms with Crippen LogP contribution in [0.15, 0.2) is 473 Å². The second-order valence-corrected chi connectivity index (χ2v) is 35.1. The predicted octanol–water partition coefficient (Wildman–Crippen LogP) is 32.3. The Balaban J connectivity index is 0.000000145. The average Bonchev–Trinajstić information content (AvgIpc) is 1.59. The molecule has 0 N–H and O–H groups in total. The van der Waals surface area contributed by atoms with Crippen molar-refractivity contribution in [3.8, 4) is 124 Å². The first kappa shape index (κ1) is 80.2. The van der Waals surface area contributed by atoms with Gasteiger partial charge >= 0.3 is 0 Å². The lowest BCUT2D eigenvalue weighted by Crippen LogP contribution is -2.03. The van der Waals surface area contributed by atoms with E-state index in [2.05, 4.69) is 429 Å². The molecule has 10 nitrogen and oxygen atoms in total. The highest BCUT2D eigenvalue weighted by Crippen LogP contribution is 2.46. The van der Waals surface area contributed by atoms with Gasteiger partial charge in [-0.15, -0.1) is 0 Å². The molecule has 0 saturated heterocycles. The number of benzene rings is 16. The number of allylic oxidation sites excluding steroid dienone is 8. The summed E-state index contributed by atoms with van der Waals surface area (Å²) in [4.78, 5) is 29.7. The van der Waals surface area contributed by atoms with E-state index in [1.807, 2.05) is 73.1 Å². The van der Waals surface area contributed by atoms with Crippen LogP contribution in [0.5, 0.6) is 0 Å². The van der Waals surface area contributed by atoms with Crippen LogP contribution < -0.4 is 0 Å². The van der Waals surface area contributed by atoms with Gasteiger partial charge in [0.2, 0.25) is 0 Å². The Morgan fingerprint density at radius 2 is 0.441 bits per heavy atom. The second kappa shape index (κ2) is 34.5. The van der Waals surface area contributed by atoms with E-state index in [0.717, 1.165) is 110 Å². The first-order valence-electron chi connectivity index (χ1n) is 46.6. The third-order valence-electron chi connectivity index (χ3n) is 27.1. The summed E-state index contributed by atoms with van der Waals surface area (Å²) in [6.07, 6.45) is 16.2. The SMILES string of the molecule is C1=C(c2cc(-c3ccc(-c4ccccn4)cc3)nc(-c3ccc(-c4ccccn4)cc3)n2)CCC(n2c3ccccc3c3cc(-c4ccc5c(c4)c4ccccc4n5-c4ccccc4)ccc32)=C1.C1=C(c2cc(-c3ccccc3)nc(-c3ccccc3)n2)CCC(n2c3ccccc3c3cc(-c4ccc5c(c4)c4ccccc4n5-c4cccc(-c5ccc(-c6ccccc6)cc5)c4)ccc32)=C1. The van der Waals surface area contributed by atoms with Gasteiger partial charge in [0.15, 0.2) is 11.6 Å². The minimum atomic E-state index is 0.689. The van der Waals surface area contributed by atoms with Crippen LogP contribution in [0.3, 0.4) is 0 Å². The minimum Gasteiger partial charge on any atom is -0.313 e. The molecule has 0 amide bonds. The summed E-state index contributed by atoms with van der Waals surface area (Å²) in [7, 11) is 0. The summed E-state index contributed by atoms with van der Waals surface area (Å²) in [6, 6.07) is 156. The van der Waals surface area contributed by atoms with E-state index >= 15 is 0 Å². The Labute approximate surface area is 786 Å². The lowest BCUT2D eigenvalue weighted by atomic mass is 9.97. The molecule has 0 radical (unpaired) electrons. The molecule has 10 heteroatoms. The Bertz CT molecular complexity index is 8740. The van der Waals surface area contributed by atoms with Gasteiger partial charge in [-0.1, -0.05) is 315 Å². The highest BCUT2D eigenvalue weighted by Gasteiger charge is 2.25. The summed E-state index contributed by atoms with van der Waals surface area (Å²) in [5.74, 6) is 1.43. The summed E-state index contributed by atoms with van der Waals surface area (Å²) in [5, 5.41) is 9.98. The Hall–Kier alpha value is -17.9. The Kier molecular flexibility index (Phi) is 20.3. The summed E-state index contributed by atoms with van der Waals surface area (Å²) < 4.78 is 9.72. The number of nitrogens with zero attached hydrogens (tertiary/aromatic N) is 10. The van der Waals surface area contributed by atoms with Crippen molar-refractivity contribution < 1.29 is 0 Å². The molecule has 0 aliphatic heterocycles. The zero-order valence-electron chi connectivity index (χ0n) is 74.3. The van der Waals surface area contributed by atoms with Crippen molar-refractivity contribution in [2.75, 3.05) is 0 Å². The van der Waals surface area contributed by atoms with E-state index in [1.54, 1.807) is 0 Å². The zero-order chi connectivity index (χ0) is 89.9. The smallest absolute Gasteiger partial charge is 0.160 e. The molecule has 16 aromatic carbocycles. The summed E-state index contributed by atoms with van der Waals surface area (Å²) in [6.45, 7) is 0. The molecule has 136 heavy (non-hydrogen) atoms.